The number of pyridine rings is 1. The number of benzene rings is 1. The summed E-state index contributed by atoms with van der Waals surface area (Å²) in [5.41, 5.74) is 1.21. The molecule has 2 aromatic rings. The van der Waals surface area contributed by atoms with Crippen molar-refractivity contribution in [1.29, 1.82) is 0 Å². The SMILES string of the molecule is CCCNC(Cc1cccnc1)Cc1c(F)cccc1F. The van der Waals surface area contributed by atoms with Crippen LogP contribution in [0.15, 0.2) is 42.7 Å². The van der Waals surface area contributed by atoms with Crippen molar-refractivity contribution in [2.24, 2.45) is 0 Å². The molecule has 0 saturated heterocycles. The van der Waals surface area contributed by atoms with E-state index in [4.69, 9.17) is 0 Å². The topological polar surface area (TPSA) is 24.9 Å². The Morgan fingerprint density at radius 2 is 1.86 bits per heavy atom. The van der Waals surface area contributed by atoms with Crippen LogP contribution in [0.1, 0.15) is 24.5 Å². The zero-order valence-corrected chi connectivity index (χ0v) is 12.2. The predicted octanol–water partition coefficient (Wildman–Crippen LogP) is 3.51. The summed E-state index contributed by atoms with van der Waals surface area (Å²) in [5.74, 6) is -0.964. The Balaban J connectivity index is 2.12. The molecule has 2 rings (SSSR count). The average molecular weight is 290 g/mol. The zero-order chi connectivity index (χ0) is 15.1. The van der Waals surface area contributed by atoms with E-state index >= 15 is 0 Å². The summed E-state index contributed by atoms with van der Waals surface area (Å²) in [6.07, 6.45) is 5.51. The van der Waals surface area contributed by atoms with Crippen molar-refractivity contribution in [2.75, 3.05) is 6.54 Å². The van der Waals surface area contributed by atoms with Crippen molar-refractivity contribution in [3.63, 3.8) is 0 Å². The van der Waals surface area contributed by atoms with Gasteiger partial charge in [0.25, 0.3) is 0 Å². The minimum absolute atomic E-state index is 0.0134. The van der Waals surface area contributed by atoms with E-state index in [1.54, 1.807) is 12.4 Å². The summed E-state index contributed by atoms with van der Waals surface area (Å²) in [6.45, 7) is 2.89. The summed E-state index contributed by atoms with van der Waals surface area (Å²) < 4.78 is 27.6. The van der Waals surface area contributed by atoms with E-state index in [2.05, 4.69) is 17.2 Å². The molecule has 0 aliphatic carbocycles. The van der Waals surface area contributed by atoms with Crippen molar-refractivity contribution in [2.45, 2.75) is 32.2 Å². The number of halogens is 2. The average Bonchev–Trinajstić information content (AvgIpc) is 2.49. The molecule has 0 aliphatic rings. The second-order valence-electron chi connectivity index (χ2n) is 5.12. The van der Waals surface area contributed by atoms with Crippen LogP contribution in [0.3, 0.4) is 0 Å². The van der Waals surface area contributed by atoms with E-state index in [1.165, 1.54) is 18.2 Å². The fourth-order valence-electron chi connectivity index (χ4n) is 2.34. The molecule has 4 heteroatoms. The van der Waals surface area contributed by atoms with E-state index in [0.29, 0.717) is 12.8 Å². The molecule has 1 unspecified atom stereocenters. The van der Waals surface area contributed by atoms with Crippen LogP contribution in [-0.2, 0) is 12.8 Å². The number of rotatable bonds is 7. The van der Waals surface area contributed by atoms with E-state index in [9.17, 15) is 8.78 Å². The minimum Gasteiger partial charge on any atom is -0.313 e. The van der Waals surface area contributed by atoms with Gasteiger partial charge >= 0.3 is 0 Å². The molecule has 0 aliphatic heterocycles. The molecule has 1 N–H and O–H groups in total. The van der Waals surface area contributed by atoms with E-state index in [1.807, 2.05) is 12.1 Å². The van der Waals surface area contributed by atoms with Crippen LogP contribution in [0, 0.1) is 11.6 Å². The Labute approximate surface area is 124 Å². The van der Waals surface area contributed by atoms with Crippen LogP contribution in [0.4, 0.5) is 8.78 Å². The van der Waals surface area contributed by atoms with Crippen LogP contribution < -0.4 is 5.32 Å². The summed E-state index contributed by atoms with van der Waals surface area (Å²) in [5, 5.41) is 3.36. The lowest BCUT2D eigenvalue weighted by atomic mass is 9.99. The molecular formula is C17H20F2N2. The second-order valence-corrected chi connectivity index (χ2v) is 5.12. The first-order valence-corrected chi connectivity index (χ1v) is 7.26. The largest absolute Gasteiger partial charge is 0.313 e. The molecule has 2 nitrogen and oxygen atoms in total. The predicted molar refractivity (Wildman–Crippen MR) is 80.1 cm³/mol. The van der Waals surface area contributed by atoms with Gasteiger partial charge in [0, 0.05) is 24.0 Å². The van der Waals surface area contributed by atoms with Gasteiger partial charge in [-0.2, -0.15) is 0 Å². The van der Waals surface area contributed by atoms with E-state index in [-0.39, 0.29) is 11.6 Å². The molecule has 0 radical (unpaired) electrons. The lowest BCUT2D eigenvalue weighted by molar-refractivity contribution is 0.474. The first-order chi connectivity index (χ1) is 10.2. The van der Waals surface area contributed by atoms with Crippen molar-refractivity contribution < 1.29 is 8.78 Å². The molecule has 0 amide bonds. The number of aromatic nitrogens is 1. The summed E-state index contributed by atoms with van der Waals surface area (Å²) in [6, 6.07) is 7.84. The Morgan fingerprint density at radius 1 is 1.10 bits per heavy atom. The third-order valence-electron chi connectivity index (χ3n) is 3.40. The number of hydrogen-bond acceptors (Lipinski definition) is 2. The van der Waals surface area contributed by atoms with E-state index < -0.39 is 11.6 Å². The van der Waals surface area contributed by atoms with Gasteiger partial charge in [0.2, 0.25) is 0 Å². The number of nitrogens with one attached hydrogen (secondary N) is 1. The third kappa shape index (κ3) is 4.60. The standard InChI is InChI=1S/C17H20F2N2/c1-2-8-21-14(10-13-5-4-9-20-12-13)11-15-16(18)6-3-7-17(15)19/h3-7,9,12,14,21H,2,8,10-11H2,1H3. The highest BCUT2D eigenvalue weighted by molar-refractivity contribution is 5.22. The molecular weight excluding hydrogens is 270 g/mol. The molecule has 0 fully saturated rings. The van der Waals surface area contributed by atoms with Crippen LogP contribution in [-0.4, -0.2) is 17.6 Å². The van der Waals surface area contributed by atoms with Gasteiger partial charge in [-0.15, -0.1) is 0 Å². The first kappa shape index (κ1) is 15.6. The van der Waals surface area contributed by atoms with Crippen molar-refractivity contribution in [3.8, 4) is 0 Å². The Kier molecular flexibility index (Phi) is 5.81. The van der Waals surface area contributed by atoms with Gasteiger partial charge in [0.15, 0.2) is 0 Å². The third-order valence-corrected chi connectivity index (χ3v) is 3.40. The lowest BCUT2D eigenvalue weighted by Gasteiger charge is -2.19. The van der Waals surface area contributed by atoms with E-state index in [0.717, 1.165) is 18.5 Å². The van der Waals surface area contributed by atoms with Crippen molar-refractivity contribution >= 4 is 0 Å². The van der Waals surface area contributed by atoms with Gasteiger partial charge in [-0.25, -0.2) is 8.78 Å². The molecule has 21 heavy (non-hydrogen) atoms. The highest BCUT2D eigenvalue weighted by Crippen LogP contribution is 2.16. The van der Waals surface area contributed by atoms with Gasteiger partial charge in [0.05, 0.1) is 0 Å². The van der Waals surface area contributed by atoms with Crippen LogP contribution in [0.25, 0.3) is 0 Å². The smallest absolute Gasteiger partial charge is 0.129 e. The Morgan fingerprint density at radius 3 is 2.48 bits per heavy atom. The minimum atomic E-state index is -0.482. The molecule has 1 aromatic heterocycles. The summed E-state index contributed by atoms with van der Waals surface area (Å²) >= 11 is 0. The quantitative estimate of drug-likeness (QED) is 0.844. The second kappa shape index (κ2) is 7.84. The van der Waals surface area contributed by atoms with Crippen molar-refractivity contribution in [3.05, 3.63) is 65.5 Å². The Bertz CT molecular complexity index is 538. The number of hydrogen-bond donors (Lipinski definition) is 1. The lowest BCUT2D eigenvalue weighted by Crippen LogP contribution is -2.34. The molecule has 1 heterocycles. The molecule has 0 spiro atoms. The highest BCUT2D eigenvalue weighted by Gasteiger charge is 2.16. The van der Waals surface area contributed by atoms with Crippen LogP contribution in [0.2, 0.25) is 0 Å². The molecule has 1 atom stereocenters. The number of nitrogens with zero attached hydrogens (tertiary/aromatic N) is 1. The monoisotopic (exact) mass is 290 g/mol. The van der Waals surface area contributed by atoms with Gasteiger partial charge in [-0.05, 0) is 49.6 Å². The molecule has 112 valence electrons. The molecule has 1 aromatic carbocycles. The van der Waals surface area contributed by atoms with Gasteiger partial charge in [0.1, 0.15) is 11.6 Å². The van der Waals surface area contributed by atoms with Crippen molar-refractivity contribution in [1.82, 2.24) is 10.3 Å². The van der Waals surface area contributed by atoms with Gasteiger partial charge in [-0.1, -0.05) is 19.1 Å². The van der Waals surface area contributed by atoms with Crippen LogP contribution >= 0.6 is 0 Å². The maximum atomic E-state index is 13.8. The first-order valence-electron chi connectivity index (χ1n) is 7.26. The maximum Gasteiger partial charge on any atom is 0.129 e. The van der Waals surface area contributed by atoms with Crippen LogP contribution in [0.5, 0.6) is 0 Å². The Hall–Kier alpha value is -1.81. The molecule has 0 bridgehead atoms. The fraction of sp³-hybridized carbons (Fsp3) is 0.353. The van der Waals surface area contributed by atoms with Gasteiger partial charge < -0.3 is 5.32 Å². The normalized spacial score (nSPS) is 12.3. The summed E-state index contributed by atoms with van der Waals surface area (Å²) in [7, 11) is 0. The molecule has 0 saturated carbocycles. The summed E-state index contributed by atoms with van der Waals surface area (Å²) in [4.78, 5) is 4.08. The zero-order valence-electron chi connectivity index (χ0n) is 12.2. The van der Waals surface area contributed by atoms with Gasteiger partial charge in [-0.3, -0.25) is 4.98 Å². The highest BCUT2D eigenvalue weighted by atomic mass is 19.1. The fourth-order valence-corrected chi connectivity index (χ4v) is 2.34. The maximum absolute atomic E-state index is 13.8.